The van der Waals surface area contributed by atoms with E-state index >= 15 is 0 Å². The number of carbonyl (C=O) groups is 1. The average Bonchev–Trinajstić information content (AvgIpc) is 3.15. The Morgan fingerprint density at radius 2 is 1.90 bits per heavy atom. The molecular weight excluding hydrogens is 399 g/mol. The van der Waals surface area contributed by atoms with Crippen molar-refractivity contribution in [3.8, 4) is 11.4 Å². The van der Waals surface area contributed by atoms with E-state index in [9.17, 15) is 9.18 Å². The summed E-state index contributed by atoms with van der Waals surface area (Å²) in [6.45, 7) is 9.19. The molecule has 3 aromatic rings. The van der Waals surface area contributed by atoms with Crippen LogP contribution in [0.15, 0.2) is 72.4 Å². The van der Waals surface area contributed by atoms with Crippen LogP contribution in [0.3, 0.4) is 0 Å². The number of rotatable bonds is 9. The summed E-state index contributed by atoms with van der Waals surface area (Å²) in [4.78, 5) is 14.9. The molecule has 0 aliphatic rings. The maximum absolute atomic E-state index is 14.3. The van der Waals surface area contributed by atoms with E-state index in [1.165, 1.54) is 17.8 Å². The van der Waals surface area contributed by atoms with Crippen LogP contribution in [-0.2, 0) is 17.9 Å². The van der Waals surface area contributed by atoms with Gasteiger partial charge < -0.3 is 4.90 Å². The lowest BCUT2D eigenvalue weighted by Gasteiger charge is -2.24. The van der Waals surface area contributed by atoms with Gasteiger partial charge in [-0.15, -0.1) is 16.8 Å². The quantitative estimate of drug-likeness (QED) is 0.366. The summed E-state index contributed by atoms with van der Waals surface area (Å²) in [7, 11) is 0. The molecule has 5 nitrogen and oxygen atoms in total. The van der Waals surface area contributed by atoms with Crippen molar-refractivity contribution < 1.29 is 9.18 Å². The van der Waals surface area contributed by atoms with E-state index in [1.807, 2.05) is 49.1 Å². The molecule has 7 heteroatoms. The lowest BCUT2D eigenvalue weighted by Crippen LogP contribution is -2.36. The van der Waals surface area contributed by atoms with Crippen LogP contribution in [0.2, 0.25) is 0 Å². The predicted octanol–water partition coefficient (Wildman–Crippen LogP) is 4.80. The third-order valence-corrected chi connectivity index (χ3v) is 5.75. The molecule has 1 heterocycles. The van der Waals surface area contributed by atoms with Crippen LogP contribution in [0, 0.1) is 5.82 Å². The van der Waals surface area contributed by atoms with Crippen LogP contribution in [-0.4, -0.2) is 37.4 Å². The van der Waals surface area contributed by atoms with Crippen molar-refractivity contribution in [1.82, 2.24) is 19.7 Å². The first-order valence-corrected chi connectivity index (χ1v) is 10.7. The molecule has 2 aromatic carbocycles. The molecule has 0 fully saturated rings. The summed E-state index contributed by atoms with van der Waals surface area (Å²) in [6, 6.07) is 16.4. The van der Waals surface area contributed by atoms with Crippen molar-refractivity contribution in [2.75, 3.05) is 6.54 Å². The van der Waals surface area contributed by atoms with Gasteiger partial charge in [-0.3, -0.25) is 9.36 Å². The normalized spacial score (nSPS) is 11.8. The third kappa shape index (κ3) is 4.97. The van der Waals surface area contributed by atoms with Crippen LogP contribution in [0.5, 0.6) is 0 Å². The van der Waals surface area contributed by atoms with E-state index in [-0.39, 0.29) is 17.0 Å². The molecule has 0 N–H and O–H groups in total. The largest absolute Gasteiger partial charge is 0.338 e. The summed E-state index contributed by atoms with van der Waals surface area (Å²) >= 11 is 1.32. The van der Waals surface area contributed by atoms with Gasteiger partial charge in [0, 0.05) is 19.6 Å². The maximum Gasteiger partial charge on any atom is 0.236 e. The molecule has 1 unspecified atom stereocenters. The van der Waals surface area contributed by atoms with Gasteiger partial charge in [0.1, 0.15) is 5.82 Å². The first-order valence-electron chi connectivity index (χ1n) is 9.83. The van der Waals surface area contributed by atoms with Crippen molar-refractivity contribution in [2.45, 2.75) is 37.3 Å². The monoisotopic (exact) mass is 424 g/mol. The molecule has 3 rings (SSSR count). The Morgan fingerprint density at radius 1 is 1.20 bits per heavy atom. The number of amides is 1. The van der Waals surface area contributed by atoms with Gasteiger partial charge in [0.25, 0.3) is 0 Å². The Labute approximate surface area is 180 Å². The van der Waals surface area contributed by atoms with E-state index in [4.69, 9.17) is 0 Å². The van der Waals surface area contributed by atoms with Crippen molar-refractivity contribution in [2.24, 2.45) is 0 Å². The Bertz CT molecular complexity index is 1010. The average molecular weight is 425 g/mol. The zero-order chi connectivity index (χ0) is 21.5. The second kappa shape index (κ2) is 10.2. The minimum absolute atomic E-state index is 0.0203. The van der Waals surface area contributed by atoms with Crippen LogP contribution in [0.1, 0.15) is 19.4 Å². The highest BCUT2D eigenvalue weighted by Crippen LogP contribution is 2.29. The summed E-state index contributed by atoms with van der Waals surface area (Å²) in [5, 5.41) is 8.62. The van der Waals surface area contributed by atoms with Crippen LogP contribution in [0.25, 0.3) is 11.4 Å². The predicted molar refractivity (Wildman–Crippen MR) is 118 cm³/mol. The summed E-state index contributed by atoms with van der Waals surface area (Å²) < 4.78 is 16.1. The molecule has 156 valence electrons. The number of hydrogen-bond acceptors (Lipinski definition) is 4. The Balaban J connectivity index is 1.80. The fourth-order valence-electron chi connectivity index (χ4n) is 3.13. The van der Waals surface area contributed by atoms with Crippen molar-refractivity contribution in [3.63, 3.8) is 0 Å². The first-order chi connectivity index (χ1) is 14.5. The molecule has 0 radical (unpaired) electrons. The fourth-order valence-corrected chi connectivity index (χ4v) is 4.07. The third-order valence-electron chi connectivity index (χ3n) is 4.68. The number of benzene rings is 2. The van der Waals surface area contributed by atoms with Gasteiger partial charge in [-0.1, -0.05) is 60.3 Å². The molecule has 1 atom stereocenters. The summed E-state index contributed by atoms with van der Waals surface area (Å²) in [5.41, 5.74) is 1.46. The minimum Gasteiger partial charge on any atom is -0.338 e. The highest BCUT2D eigenvalue weighted by Gasteiger charge is 2.24. The van der Waals surface area contributed by atoms with Crippen LogP contribution in [0.4, 0.5) is 4.39 Å². The summed E-state index contributed by atoms with van der Waals surface area (Å²) in [5.74, 6) is 0.0784. The number of allylic oxidation sites excluding steroid dienone is 1. The molecule has 1 aromatic heterocycles. The fraction of sp³-hybridized carbons (Fsp3) is 0.261. The van der Waals surface area contributed by atoms with Crippen molar-refractivity contribution in [1.29, 1.82) is 0 Å². The molecule has 0 saturated carbocycles. The smallest absolute Gasteiger partial charge is 0.236 e. The number of thioether (sulfide) groups is 1. The van der Waals surface area contributed by atoms with Gasteiger partial charge >= 0.3 is 0 Å². The summed E-state index contributed by atoms with van der Waals surface area (Å²) in [6.07, 6.45) is 1.71. The Hall–Kier alpha value is -2.93. The lowest BCUT2D eigenvalue weighted by molar-refractivity contribution is -0.130. The van der Waals surface area contributed by atoms with Gasteiger partial charge in [0.2, 0.25) is 5.91 Å². The molecule has 30 heavy (non-hydrogen) atoms. The topological polar surface area (TPSA) is 51.0 Å². The zero-order valence-corrected chi connectivity index (χ0v) is 18.0. The number of aromatic nitrogens is 3. The highest BCUT2D eigenvalue weighted by molar-refractivity contribution is 8.00. The molecular formula is C23H25FN4OS. The second-order valence-electron chi connectivity index (χ2n) is 6.78. The standard InChI is InChI=1S/C23H25FN4OS/c1-4-15-28-21(19-13-9-10-14-20(19)24)25-26-23(28)30-17(3)22(29)27(5-2)16-18-11-7-6-8-12-18/h4,6-14,17H,1,5,15-16H2,2-3H3. The molecule has 1 amide bonds. The van der Waals surface area contributed by atoms with Crippen LogP contribution < -0.4 is 0 Å². The number of nitrogens with zero attached hydrogens (tertiary/aromatic N) is 4. The molecule has 0 aliphatic heterocycles. The highest BCUT2D eigenvalue weighted by atomic mass is 32.2. The van der Waals surface area contributed by atoms with E-state index in [0.717, 1.165) is 5.56 Å². The SMILES string of the molecule is C=CCn1c(SC(C)C(=O)N(CC)Cc2ccccc2)nnc1-c1ccccc1F. The van der Waals surface area contributed by atoms with Gasteiger partial charge in [-0.25, -0.2) is 4.39 Å². The molecule has 0 saturated heterocycles. The van der Waals surface area contributed by atoms with E-state index < -0.39 is 0 Å². The van der Waals surface area contributed by atoms with Gasteiger partial charge in [0.05, 0.1) is 10.8 Å². The van der Waals surface area contributed by atoms with E-state index in [0.29, 0.717) is 36.2 Å². The zero-order valence-electron chi connectivity index (χ0n) is 17.2. The van der Waals surface area contributed by atoms with Gasteiger partial charge in [-0.05, 0) is 31.5 Å². The van der Waals surface area contributed by atoms with Crippen LogP contribution >= 0.6 is 11.8 Å². The minimum atomic E-state index is -0.366. The van der Waals surface area contributed by atoms with E-state index in [1.54, 1.807) is 28.8 Å². The second-order valence-corrected chi connectivity index (χ2v) is 8.09. The van der Waals surface area contributed by atoms with Crippen molar-refractivity contribution >= 4 is 17.7 Å². The number of hydrogen-bond donors (Lipinski definition) is 0. The van der Waals surface area contributed by atoms with Crippen molar-refractivity contribution in [3.05, 3.63) is 78.6 Å². The number of halogens is 1. The van der Waals surface area contributed by atoms with Gasteiger partial charge in [0.15, 0.2) is 11.0 Å². The van der Waals surface area contributed by atoms with E-state index in [2.05, 4.69) is 16.8 Å². The number of carbonyl (C=O) groups excluding carboxylic acids is 1. The molecule has 0 spiro atoms. The van der Waals surface area contributed by atoms with Gasteiger partial charge in [-0.2, -0.15) is 0 Å². The first kappa shape index (κ1) is 21.8. The maximum atomic E-state index is 14.3. The molecule has 0 aliphatic carbocycles. The Kier molecular flexibility index (Phi) is 7.41. The molecule has 0 bridgehead atoms. The lowest BCUT2D eigenvalue weighted by atomic mass is 10.2. The Morgan fingerprint density at radius 3 is 2.57 bits per heavy atom.